The summed E-state index contributed by atoms with van der Waals surface area (Å²) < 4.78 is 0. The molecule has 9 unspecified atom stereocenters. The number of unbranched alkanes of at least 4 members (excludes halogenated alkanes) is 4. The van der Waals surface area contributed by atoms with Crippen LogP contribution in [0.4, 0.5) is 0 Å². The fourth-order valence-electron chi connectivity index (χ4n) is 16.0. The van der Waals surface area contributed by atoms with E-state index in [0.717, 1.165) is 102 Å². The minimum atomic E-state index is 0.698. The molecule has 0 aliphatic heterocycles. The second-order valence-corrected chi connectivity index (χ2v) is 23.0. The highest BCUT2D eigenvalue weighted by Gasteiger charge is 2.70. The van der Waals surface area contributed by atoms with Gasteiger partial charge in [-0.3, -0.25) is 0 Å². The lowest BCUT2D eigenvalue weighted by atomic mass is 9.30. The molecule has 0 heterocycles. The normalized spacial score (nSPS) is 40.4. The quantitative estimate of drug-likeness (QED) is 0.0334. The van der Waals surface area contributed by atoms with Crippen molar-refractivity contribution in [1.29, 1.82) is 0 Å². The van der Waals surface area contributed by atoms with E-state index in [1.807, 2.05) is 0 Å². The largest absolute Gasteiger partial charge is 0.317 e. The molecule has 0 aromatic carbocycles. The average molecular weight is 835 g/mol. The van der Waals surface area contributed by atoms with E-state index in [2.05, 4.69) is 63.3 Å². The Hall–Kier alpha value is -0.320. The monoisotopic (exact) mass is 835 g/mol. The van der Waals surface area contributed by atoms with Crippen LogP contribution in [0.25, 0.3) is 0 Å². The Kier molecular flexibility index (Phi) is 17.9. The zero-order chi connectivity index (χ0) is 41.2. The van der Waals surface area contributed by atoms with Gasteiger partial charge in [-0.25, -0.2) is 0 Å². The molecule has 8 nitrogen and oxygen atoms in total. The summed E-state index contributed by atoms with van der Waals surface area (Å²) in [6.07, 6.45) is 24.5. The van der Waals surface area contributed by atoms with Gasteiger partial charge in [-0.2, -0.15) is 0 Å². The standard InChI is InChI=1S/C52H98N8/c1-4-53-14-6-8-16-55-31-42-25-44(42)33-57-18-10-12-20-59-35-47-40-23-38-24-41(47)30-52(28-38,29-40)51-37(3)22-39-27-46-48(50(51)49(39)46)36-60-21-13-11-19-58-34-45-26-43(45)32-56-17-9-7-15-54-5-2/h37-51,53-60H,4-36H2,1-3H3/t37?,38?,39?,40?,41?,42-,43+,44-,45-,46?,47?,48?,49?,50?,51?,52?/m1/s1. The van der Waals surface area contributed by atoms with Crippen LogP contribution in [-0.4, -0.2) is 105 Å². The first-order chi connectivity index (χ1) is 29.6. The minimum absolute atomic E-state index is 0.698. The first-order valence-electron chi connectivity index (χ1n) is 27.2. The third-order valence-corrected chi connectivity index (χ3v) is 18.9. The topological polar surface area (TPSA) is 96.2 Å². The van der Waals surface area contributed by atoms with Gasteiger partial charge in [-0.1, -0.05) is 20.8 Å². The summed E-state index contributed by atoms with van der Waals surface area (Å²) in [6.45, 7) is 26.5. The van der Waals surface area contributed by atoms with Gasteiger partial charge in [0.15, 0.2) is 0 Å². The summed E-state index contributed by atoms with van der Waals surface area (Å²) in [5.74, 6) is 15.1. The maximum absolute atomic E-state index is 4.07. The van der Waals surface area contributed by atoms with Gasteiger partial charge in [0.25, 0.3) is 0 Å². The smallest absolute Gasteiger partial charge is 0.00149 e. The number of hydrogen-bond acceptors (Lipinski definition) is 8. The molecular formula is C52H98N8. The van der Waals surface area contributed by atoms with E-state index in [4.69, 9.17) is 0 Å². The summed E-state index contributed by atoms with van der Waals surface area (Å²) in [5, 5.41) is 30.0. The molecule has 0 radical (unpaired) electrons. The first kappa shape index (κ1) is 46.2. The molecule has 8 heteroatoms. The second kappa shape index (κ2) is 23.2. The van der Waals surface area contributed by atoms with Gasteiger partial charge in [-0.15, -0.1) is 0 Å². The fourth-order valence-corrected chi connectivity index (χ4v) is 16.0. The van der Waals surface area contributed by atoms with Crippen LogP contribution in [0.3, 0.4) is 0 Å². The summed E-state index contributed by atoms with van der Waals surface area (Å²) in [7, 11) is 0. The highest BCUT2D eigenvalue weighted by Crippen LogP contribution is 2.75. The molecule has 9 aliphatic carbocycles. The molecule has 60 heavy (non-hydrogen) atoms. The molecule has 9 aliphatic rings. The minimum Gasteiger partial charge on any atom is -0.317 e. The summed E-state index contributed by atoms with van der Waals surface area (Å²) in [6, 6.07) is 0. The van der Waals surface area contributed by atoms with Gasteiger partial charge in [-0.05, 0) is 308 Å². The lowest BCUT2D eigenvalue weighted by Gasteiger charge is -2.75. The first-order valence-corrected chi connectivity index (χ1v) is 27.2. The summed E-state index contributed by atoms with van der Waals surface area (Å²) >= 11 is 0. The highest BCUT2D eigenvalue weighted by molar-refractivity contribution is 5.18. The Morgan fingerprint density at radius 3 is 1.27 bits per heavy atom. The molecule has 0 aromatic rings. The molecule has 346 valence electrons. The van der Waals surface area contributed by atoms with Crippen molar-refractivity contribution in [2.75, 3.05) is 105 Å². The van der Waals surface area contributed by atoms with E-state index in [9.17, 15) is 0 Å². The van der Waals surface area contributed by atoms with Crippen molar-refractivity contribution >= 4 is 0 Å². The third-order valence-electron chi connectivity index (χ3n) is 18.9. The van der Waals surface area contributed by atoms with Crippen molar-refractivity contribution in [3.63, 3.8) is 0 Å². The molecule has 0 amide bonds. The zero-order valence-electron chi connectivity index (χ0n) is 39.5. The van der Waals surface area contributed by atoms with Gasteiger partial charge in [0.1, 0.15) is 0 Å². The Morgan fingerprint density at radius 1 is 0.400 bits per heavy atom. The number of hydrogen-bond donors (Lipinski definition) is 8. The molecule has 4 bridgehead atoms. The van der Waals surface area contributed by atoms with Crippen molar-refractivity contribution in [2.24, 2.45) is 94.2 Å². The maximum atomic E-state index is 4.07. The Balaban J connectivity index is 0.670. The van der Waals surface area contributed by atoms with Crippen molar-refractivity contribution in [1.82, 2.24) is 42.5 Å². The van der Waals surface area contributed by atoms with Crippen LogP contribution < -0.4 is 42.5 Å². The molecule has 13 atom stereocenters. The van der Waals surface area contributed by atoms with Gasteiger partial charge in [0.05, 0.1) is 0 Å². The van der Waals surface area contributed by atoms with Gasteiger partial charge < -0.3 is 42.5 Å². The van der Waals surface area contributed by atoms with Gasteiger partial charge in [0, 0.05) is 0 Å². The average Bonchev–Trinajstić information content (AvgIpc) is 4.16. The number of rotatable bonds is 35. The summed E-state index contributed by atoms with van der Waals surface area (Å²) in [5.41, 5.74) is 0.698. The van der Waals surface area contributed by atoms with Crippen molar-refractivity contribution < 1.29 is 0 Å². The Labute approximate surface area is 370 Å². The predicted molar refractivity (Wildman–Crippen MR) is 253 cm³/mol. The van der Waals surface area contributed by atoms with E-state index >= 15 is 0 Å². The van der Waals surface area contributed by atoms with Crippen LogP contribution in [0.15, 0.2) is 0 Å². The van der Waals surface area contributed by atoms with E-state index in [1.165, 1.54) is 156 Å². The summed E-state index contributed by atoms with van der Waals surface area (Å²) in [4.78, 5) is 0. The second-order valence-electron chi connectivity index (χ2n) is 23.0. The van der Waals surface area contributed by atoms with Crippen molar-refractivity contribution in [2.45, 2.75) is 130 Å². The van der Waals surface area contributed by atoms with Crippen LogP contribution >= 0.6 is 0 Å². The van der Waals surface area contributed by atoms with E-state index in [-0.39, 0.29) is 0 Å². The third kappa shape index (κ3) is 11.9. The van der Waals surface area contributed by atoms with E-state index in [0.29, 0.717) is 5.41 Å². The van der Waals surface area contributed by atoms with Crippen molar-refractivity contribution in [3.05, 3.63) is 0 Å². The Bertz CT molecular complexity index is 1220. The maximum Gasteiger partial charge on any atom is -0.00149 e. The van der Waals surface area contributed by atoms with Gasteiger partial charge in [0.2, 0.25) is 0 Å². The molecule has 9 saturated carbocycles. The lowest BCUT2D eigenvalue weighted by molar-refractivity contribution is -0.262. The molecular weight excluding hydrogens is 737 g/mol. The molecule has 0 spiro atoms. The molecule has 9 fully saturated rings. The van der Waals surface area contributed by atoms with Crippen LogP contribution in [0, 0.1) is 94.2 Å². The van der Waals surface area contributed by atoms with E-state index in [1.54, 1.807) is 44.9 Å². The molecule has 8 N–H and O–H groups in total. The van der Waals surface area contributed by atoms with Crippen LogP contribution in [0.5, 0.6) is 0 Å². The zero-order valence-corrected chi connectivity index (χ0v) is 39.5. The fraction of sp³-hybridized carbons (Fsp3) is 1.00. The Morgan fingerprint density at radius 2 is 0.817 bits per heavy atom. The van der Waals surface area contributed by atoms with Crippen LogP contribution in [0.2, 0.25) is 0 Å². The highest BCUT2D eigenvalue weighted by atomic mass is 14.9. The molecule has 9 rings (SSSR count). The lowest BCUT2D eigenvalue weighted by Crippen LogP contribution is -2.70. The van der Waals surface area contributed by atoms with Crippen LogP contribution in [0.1, 0.15) is 130 Å². The van der Waals surface area contributed by atoms with Gasteiger partial charge >= 0.3 is 0 Å². The van der Waals surface area contributed by atoms with E-state index < -0.39 is 0 Å². The van der Waals surface area contributed by atoms with Crippen molar-refractivity contribution in [3.8, 4) is 0 Å². The molecule has 0 saturated heterocycles. The predicted octanol–water partition coefficient (Wildman–Crippen LogP) is 6.73. The van der Waals surface area contributed by atoms with Crippen LogP contribution in [-0.2, 0) is 0 Å². The molecule has 0 aromatic heterocycles. The number of nitrogens with one attached hydrogen (secondary N) is 8. The SMILES string of the molecule is CCNCCCCNC[C@@H]1C[C@@H]1CNCCCCNCC1C2CC3CC(C)C(C45CC6CC(C4)C(CNCCCCNC[C@H]4C[C@@H]4CNCCCCNCC)C(C6)C5)C1C32.